The number of hydrogen-bond acceptors (Lipinski definition) is 12. The van der Waals surface area contributed by atoms with Gasteiger partial charge in [-0.05, 0) is 89.7 Å². The van der Waals surface area contributed by atoms with E-state index in [0.29, 0.717) is 23.9 Å². The van der Waals surface area contributed by atoms with Crippen LogP contribution in [0.4, 0.5) is 0 Å². The Hall–Kier alpha value is -4.56. The fourth-order valence-corrected chi connectivity index (χ4v) is 9.03. The minimum absolute atomic E-state index is 0.245. The SMILES string of the molecule is CC/C(=N\NS(=O)(=O)c1ccc(C)cc1)C1CC2C=CC1N(C)C2.CC/C(=N\NS(=O)(=O)c1ccc(C)cc1)C1CC2C=CC1N(C)C2.O=C=O.O=C=O. The number of aryl methyl sites for hydroxylation is 2. The second-order valence-corrected chi connectivity index (χ2v) is 17.1. The minimum Gasteiger partial charge on any atom is -0.299 e. The summed E-state index contributed by atoms with van der Waals surface area (Å²) >= 11 is 0. The molecule has 2 aromatic rings. The Morgan fingerprint density at radius 3 is 1.20 bits per heavy atom. The van der Waals surface area contributed by atoms with Gasteiger partial charge in [0.25, 0.3) is 20.0 Å². The lowest BCUT2D eigenvalue weighted by atomic mass is 9.75. The molecule has 14 nitrogen and oxygen atoms in total. The highest BCUT2D eigenvalue weighted by Gasteiger charge is 2.39. The molecule has 0 spiro atoms. The molecule has 0 saturated carbocycles. The summed E-state index contributed by atoms with van der Waals surface area (Å²) in [5.41, 5.74) is 3.91. The quantitative estimate of drug-likeness (QED) is 0.203. The van der Waals surface area contributed by atoms with E-state index >= 15 is 0 Å². The van der Waals surface area contributed by atoms with Crippen molar-refractivity contribution < 1.29 is 36.0 Å². The fourth-order valence-electron chi connectivity index (χ4n) is 7.35. The summed E-state index contributed by atoms with van der Waals surface area (Å²) in [4.78, 5) is 42.5. The van der Waals surface area contributed by atoms with Crippen molar-refractivity contribution in [2.45, 2.75) is 75.3 Å². The highest BCUT2D eigenvalue weighted by Crippen LogP contribution is 2.36. The number of hydrogen-bond donors (Lipinski definition) is 2. The average molecular weight is 783 g/mol. The van der Waals surface area contributed by atoms with Gasteiger partial charge >= 0.3 is 12.3 Å². The lowest BCUT2D eigenvalue weighted by Gasteiger charge is -2.45. The summed E-state index contributed by atoms with van der Waals surface area (Å²) in [5.74, 6) is 1.64. The van der Waals surface area contributed by atoms with Gasteiger partial charge in [-0.2, -0.15) is 46.2 Å². The van der Waals surface area contributed by atoms with Crippen molar-refractivity contribution >= 4 is 43.8 Å². The number of rotatable bonds is 10. The molecule has 6 aliphatic rings. The number of nitrogens with zero attached hydrogens (tertiary/aromatic N) is 4. The van der Waals surface area contributed by atoms with Gasteiger partial charge in [-0.3, -0.25) is 9.80 Å². The van der Waals surface area contributed by atoms with Crippen molar-refractivity contribution in [1.82, 2.24) is 19.5 Å². The van der Waals surface area contributed by atoms with Crippen LogP contribution in [0.25, 0.3) is 0 Å². The van der Waals surface area contributed by atoms with Gasteiger partial charge in [0.15, 0.2) is 0 Å². The predicted molar refractivity (Wildman–Crippen MR) is 203 cm³/mol. The number of piperidine rings is 2. The maximum Gasteiger partial charge on any atom is 0.373 e. The molecule has 2 N–H and O–H groups in total. The first kappa shape index (κ1) is 43.8. The van der Waals surface area contributed by atoms with E-state index in [1.165, 1.54) is 0 Å². The highest BCUT2D eigenvalue weighted by atomic mass is 32.2. The van der Waals surface area contributed by atoms with Gasteiger partial charge in [-0.15, -0.1) is 0 Å². The number of sulfonamides is 2. The predicted octanol–water partition coefficient (Wildman–Crippen LogP) is 3.92. The Kier molecular flexibility index (Phi) is 16.4. The molecule has 8 rings (SSSR count). The van der Waals surface area contributed by atoms with E-state index in [2.05, 4.69) is 68.1 Å². The summed E-state index contributed by atoms with van der Waals surface area (Å²) in [6.45, 7) is 10.1. The van der Waals surface area contributed by atoms with Crippen molar-refractivity contribution in [3.8, 4) is 0 Å². The smallest absolute Gasteiger partial charge is 0.299 e. The number of carbonyl (C=O) groups excluding carboxylic acids is 4. The van der Waals surface area contributed by atoms with Gasteiger partial charge in [0, 0.05) is 48.4 Å². The first-order valence-electron chi connectivity index (χ1n) is 17.7. The van der Waals surface area contributed by atoms with Crippen molar-refractivity contribution in [2.24, 2.45) is 33.9 Å². The Morgan fingerprint density at radius 2 is 0.944 bits per heavy atom. The molecular formula is C38H50N6O8S2. The molecule has 6 unspecified atom stereocenters. The summed E-state index contributed by atoms with van der Waals surface area (Å²) < 4.78 is 49.7. The molecule has 6 atom stereocenters. The number of fused-ring (bicyclic) bond motifs is 4. The Bertz CT molecular complexity index is 1820. The van der Waals surface area contributed by atoms with Crippen LogP contribution in [0.3, 0.4) is 0 Å². The second-order valence-electron chi connectivity index (χ2n) is 13.7. The Balaban J connectivity index is 0.000000254. The Labute approximate surface area is 318 Å². The maximum absolute atomic E-state index is 12.4. The molecular weight excluding hydrogens is 733 g/mol. The first-order valence-corrected chi connectivity index (χ1v) is 20.7. The normalized spacial score (nSPS) is 24.7. The van der Waals surface area contributed by atoms with E-state index in [4.69, 9.17) is 19.2 Å². The zero-order chi connectivity index (χ0) is 40.1. The summed E-state index contributed by atoms with van der Waals surface area (Å²) in [6.07, 6.45) is 13.1. The van der Waals surface area contributed by atoms with Crippen LogP contribution in [0, 0.1) is 37.5 Å². The zero-order valence-electron chi connectivity index (χ0n) is 31.5. The molecule has 16 heteroatoms. The van der Waals surface area contributed by atoms with Crippen LogP contribution in [0.15, 0.2) is 92.8 Å². The largest absolute Gasteiger partial charge is 0.373 e. The third-order valence-electron chi connectivity index (χ3n) is 10.0. The third-order valence-corrected chi connectivity index (χ3v) is 12.5. The van der Waals surface area contributed by atoms with Crippen LogP contribution in [-0.2, 0) is 39.2 Å². The topological polar surface area (TPSA) is 192 Å². The second kappa shape index (κ2) is 20.2. The molecule has 4 heterocycles. The van der Waals surface area contributed by atoms with E-state index in [-0.39, 0.29) is 33.9 Å². The van der Waals surface area contributed by atoms with Crippen LogP contribution in [0.1, 0.15) is 50.7 Å². The number of hydrazone groups is 2. The van der Waals surface area contributed by atoms with Gasteiger partial charge in [0.05, 0.1) is 9.79 Å². The van der Waals surface area contributed by atoms with Crippen LogP contribution < -0.4 is 9.66 Å². The van der Waals surface area contributed by atoms with Crippen molar-refractivity contribution in [2.75, 3.05) is 27.2 Å². The van der Waals surface area contributed by atoms with Crippen LogP contribution in [0.5, 0.6) is 0 Å². The monoisotopic (exact) mass is 782 g/mol. The molecule has 2 aromatic carbocycles. The minimum atomic E-state index is -3.62. The maximum atomic E-state index is 12.4. The lowest BCUT2D eigenvalue weighted by molar-refractivity contribution is -0.193. The average Bonchev–Trinajstić information content (AvgIpc) is 3.14. The zero-order valence-corrected chi connectivity index (χ0v) is 33.1. The molecule has 4 bridgehead atoms. The van der Waals surface area contributed by atoms with Gasteiger partial charge in [0.2, 0.25) is 0 Å². The number of benzene rings is 2. The van der Waals surface area contributed by atoms with E-state index in [0.717, 1.165) is 61.3 Å². The molecule has 2 saturated heterocycles. The van der Waals surface area contributed by atoms with E-state index in [9.17, 15) is 16.8 Å². The summed E-state index contributed by atoms with van der Waals surface area (Å²) in [7, 11) is -2.99. The van der Waals surface area contributed by atoms with E-state index in [1.807, 2.05) is 27.7 Å². The number of likely N-dealkylation sites (N-methyl/N-ethyl adjacent to an activating group) is 2. The van der Waals surface area contributed by atoms with Crippen LogP contribution in [-0.4, -0.2) is 89.6 Å². The molecule has 54 heavy (non-hydrogen) atoms. The summed E-state index contributed by atoms with van der Waals surface area (Å²) in [5, 5.41) is 8.62. The third kappa shape index (κ3) is 11.7. The standard InChI is InChI=1S/2C18H25N3O2S.2CO2/c2*1-4-17(16-11-14-7-10-18(16)21(3)12-14)19-20-24(22,23)15-8-5-13(2)6-9-15;2*2-1-3/h2*5-10,14,16,18,20H,4,11-12H2,1-3H3;;/b2*19-17+;;. The van der Waals surface area contributed by atoms with Gasteiger partial charge in [-0.25, -0.2) is 9.66 Å². The van der Waals surface area contributed by atoms with Gasteiger partial charge < -0.3 is 0 Å². The molecule has 0 radical (unpaired) electrons. The number of nitrogens with one attached hydrogen (secondary N) is 2. The highest BCUT2D eigenvalue weighted by molar-refractivity contribution is 7.89. The Morgan fingerprint density at radius 1 is 0.630 bits per heavy atom. The van der Waals surface area contributed by atoms with Gasteiger partial charge in [-0.1, -0.05) is 73.5 Å². The lowest BCUT2D eigenvalue weighted by Crippen LogP contribution is -2.50. The molecule has 2 aliphatic carbocycles. The first-order chi connectivity index (χ1) is 25.6. The fraction of sp³-hybridized carbons (Fsp3) is 0.474. The van der Waals surface area contributed by atoms with Crippen molar-refractivity contribution in [3.05, 3.63) is 84.0 Å². The van der Waals surface area contributed by atoms with Crippen molar-refractivity contribution in [1.29, 1.82) is 0 Å². The summed E-state index contributed by atoms with van der Waals surface area (Å²) in [6, 6.07) is 14.2. The molecule has 0 amide bonds. The molecule has 292 valence electrons. The molecule has 4 aliphatic heterocycles. The van der Waals surface area contributed by atoms with Gasteiger partial charge in [0.1, 0.15) is 0 Å². The van der Waals surface area contributed by atoms with Crippen LogP contribution >= 0.6 is 0 Å². The van der Waals surface area contributed by atoms with Crippen LogP contribution in [0.2, 0.25) is 0 Å². The van der Waals surface area contributed by atoms with E-state index < -0.39 is 20.0 Å². The molecule has 2 fully saturated rings. The van der Waals surface area contributed by atoms with E-state index in [1.54, 1.807) is 48.5 Å². The molecule has 0 aromatic heterocycles. The van der Waals surface area contributed by atoms with Crippen molar-refractivity contribution in [3.63, 3.8) is 0 Å².